The number of fused-ring (bicyclic) bond motifs is 1. The molecule has 0 saturated carbocycles. The van der Waals surface area contributed by atoms with Crippen LogP contribution in [0.5, 0.6) is 0 Å². The predicted octanol–water partition coefficient (Wildman–Crippen LogP) is 3.19. The molecule has 0 aliphatic carbocycles. The highest BCUT2D eigenvalue weighted by atomic mass is 16.5. The molecule has 0 bridgehead atoms. The third-order valence-corrected chi connectivity index (χ3v) is 4.13. The summed E-state index contributed by atoms with van der Waals surface area (Å²) in [6.07, 6.45) is 1.05. The Kier molecular flexibility index (Phi) is 3.80. The predicted molar refractivity (Wildman–Crippen MR) is 79.0 cm³/mol. The highest BCUT2D eigenvalue weighted by Gasteiger charge is 2.24. The molecule has 0 radical (unpaired) electrons. The lowest BCUT2D eigenvalue weighted by Crippen LogP contribution is -2.32. The first-order valence-electron chi connectivity index (χ1n) is 7.18. The number of furan rings is 1. The molecule has 0 amide bonds. The van der Waals surface area contributed by atoms with Gasteiger partial charge in [-0.3, -0.25) is 4.90 Å². The van der Waals surface area contributed by atoms with Crippen molar-refractivity contribution in [3.05, 3.63) is 59.0 Å². The smallest absolute Gasteiger partial charge is 0.373 e. The summed E-state index contributed by atoms with van der Waals surface area (Å²) in [6.45, 7) is 4.01. The molecule has 1 unspecified atom stereocenters. The molecule has 1 atom stereocenters. The van der Waals surface area contributed by atoms with Gasteiger partial charge in [-0.05, 0) is 36.6 Å². The Morgan fingerprint density at radius 3 is 2.76 bits per heavy atom. The van der Waals surface area contributed by atoms with E-state index in [1.165, 1.54) is 18.2 Å². The summed E-state index contributed by atoms with van der Waals surface area (Å²) in [5.41, 5.74) is 2.80. The van der Waals surface area contributed by atoms with Gasteiger partial charge < -0.3 is 9.15 Å². The maximum atomic E-state index is 11.5. The van der Waals surface area contributed by atoms with E-state index in [9.17, 15) is 4.79 Å². The number of rotatable bonds is 3. The van der Waals surface area contributed by atoms with Crippen LogP contribution in [0.2, 0.25) is 0 Å². The lowest BCUT2D eigenvalue weighted by Gasteiger charge is -2.32. The highest BCUT2D eigenvalue weighted by Crippen LogP contribution is 2.28. The Bertz CT molecular complexity index is 647. The van der Waals surface area contributed by atoms with E-state index < -0.39 is 5.97 Å². The normalized spacial score (nSPS) is 16.3. The van der Waals surface area contributed by atoms with E-state index in [4.69, 9.17) is 4.42 Å². The van der Waals surface area contributed by atoms with Crippen LogP contribution >= 0.6 is 0 Å². The zero-order valence-corrected chi connectivity index (χ0v) is 12.3. The Morgan fingerprint density at radius 1 is 1.24 bits per heavy atom. The lowest BCUT2D eigenvalue weighted by molar-refractivity contribution is 0.0558. The summed E-state index contributed by atoms with van der Waals surface area (Å²) in [4.78, 5) is 13.8. The molecule has 4 heteroatoms. The number of benzene rings is 1. The first kappa shape index (κ1) is 13.9. The molecule has 1 aliphatic rings. The van der Waals surface area contributed by atoms with Gasteiger partial charge >= 0.3 is 5.97 Å². The van der Waals surface area contributed by atoms with Crippen LogP contribution in [0.15, 0.2) is 40.8 Å². The topological polar surface area (TPSA) is 42.7 Å². The van der Waals surface area contributed by atoms with E-state index >= 15 is 0 Å². The fourth-order valence-electron chi connectivity index (χ4n) is 2.82. The second kappa shape index (κ2) is 5.74. The average molecular weight is 285 g/mol. The quantitative estimate of drug-likeness (QED) is 0.812. The van der Waals surface area contributed by atoms with Crippen molar-refractivity contribution in [3.63, 3.8) is 0 Å². The minimum Gasteiger partial charge on any atom is -0.463 e. The molecule has 0 spiro atoms. The van der Waals surface area contributed by atoms with Crippen molar-refractivity contribution >= 4 is 5.97 Å². The van der Waals surface area contributed by atoms with Gasteiger partial charge in [0.1, 0.15) is 5.76 Å². The average Bonchev–Trinajstić information content (AvgIpc) is 3.03. The largest absolute Gasteiger partial charge is 0.463 e. The number of nitrogens with zero attached hydrogens (tertiary/aromatic N) is 1. The van der Waals surface area contributed by atoms with Crippen molar-refractivity contribution in [2.24, 2.45) is 0 Å². The Morgan fingerprint density at radius 2 is 2.00 bits per heavy atom. The first-order chi connectivity index (χ1) is 10.2. The van der Waals surface area contributed by atoms with Crippen molar-refractivity contribution in [1.29, 1.82) is 0 Å². The molecule has 2 heterocycles. The van der Waals surface area contributed by atoms with Crippen LogP contribution in [-0.4, -0.2) is 24.5 Å². The van der Waals surface area contributed by atoms with E-state index in [0.717, 1.165) is 25.3 Å². The number of hydrogen-bond acceptors (Lipinski definition) is 4. The van der Waals surface area contributed by atoms with Crippen molar-refractivity contribution in [3.8, 4) is 0 Å². The van der Waals surface area contributed by atoms with Crippen molar-refractivity contribution in [1.82, 2.24) is 4.90 Å². The summed E-state index contributed by atoms with van der Waals surface area (Å²) >= 11 is 0. The first-order valence-corrected chi connectivity index (χ1v) is 7.18. The maximum absolute atomic E-state index is 11.5. The maximum Gasteiger partial charge on any atom is 0.373 e. The van der Waals surface area contributed by atoms with Gasteiger partial charge in [-0.15, -0.1) is 0 Å². The molecule has 3 rings (SSSR count). The van der Waals surface area contributed by atoms with Gasteiger partial charge in [0.05, 0.1) is 13.2 Å². The van der Waals surface area contributed by atoms with E-state index in [2.05, 4.69) is 40.8 Å². The molecular weight excluding hydrogens is 266 g/mol. The molecule has 2 aromatic rings. The van der Waals surface area contributed by atoms with Crippen molar-refractivity contribution in [2.45, 2.75) is 25.9 Å². The second-order valence-electron chi connectivity index (χ2n) is 5.36. The van der Waals surface area contributed by atoms with Crippen LogP contribution < -0.4 is 0 Å². The lowest BCUT2D eigenvalue weighted by atomic mass is 9.98. The van der Waals surface area contributed by atoms with E-state index in [1.807, 2.05) is 6.07 Å². The molecule has 4 nitrogen and oxygen atoms in total. The second-order valence-corrected chi connectivity index (χ2v) is 5.36. The third kappa shape index (κ3) is 2.72. The summed E-state index contributed by atoms with van der Waals surface area (Å²) in [6, 6.07) is 12.2. The summed E-state index contributed by atoms with van der Waals surface area (Å²) < 4.78 is 10.3. The standard InChI is InChI=1S/C17H19NO3/c1-12(15-7-8-16(21-15)17(19)20-2)18-10-9-13-5-3-4-6-14(13)11-18/h3-8,12H,9-11H2,1-2H3. The fourth-order valence-corrected chi connectivity index (χ4v) is 2.82. The van der Waals surface area contributed by atoms with Gasteiger partial charge in [0.25, 0.3) is 0 Å². The third-order valence-electron chi connectivity index (χ3n) is 4.13. The van der Waals surface area contributed by atoms with Gasteiger partial charge in [0, 0.05) is 13.1 Å². The number of methoxy groups -OCH3 is 1. The van der Waals surface area contributed by atoms with Crippen LogP contribution in [0, 0.1) is 0 Å². The molecule has 1 aromatic carbocycles. The number of ether oxygens (including phenoxy) is 1. The summed E-state index contributed by atoms with van der Waals surface area (Å²) in [5, 5.41) is 0. The van der Waals surface area contributed by atoms with Crippen LogP contribution in [-0.2, 0) is 17.7 Å². The molecule has 0 saturated heterocycles. The molecule has 1 aromatic heterocycles. The van der Waals surface area contributed by atoms with E-state index in [-0.39, 0.29) is 11.8 Å². The molecule has 21 heavy (non-hydrogen) atoms. The minimum absolute atomic E-state index is 0.136. The highest BCUT2D eigenvalue weighted by molar-refractivity contribution is 5.86. The Balaban J connectivity index is 1.76. The SMILES string of the molecule is COC(=O)c1ccc(C(C)N2CCc3ccccc3C2)o1. The van der Waals surface area contributed by atoms with Gasteiger partial charge in [0.15, 0.2) is 0 Å². The number of hydrogen-bond donors (Lipinski definition) is 0. The van der Waals surface area contributed by atoms with Gasteiger partial charge in [-0.2, -0.15) is 0 Å². The van der Waals surface area contributed by atoms with Crippen LogP contribution in [0.3, 0.4) is 0 Å². The molecule has 1 aliphatic heterocycles. The number of carbonyl (C=O) groups excluding carboxylic acids is 1. The van der Waals surface area contributed by atoms with Crippen LogP contribution in [0.4, 0.5) is 0 Å². The van der Waals surface area contributed by atoms with E-state index in [0.29, 0.717) is 0 Å². The van der Waals surface area contributed by atoms with Crippen molar-refractivity contribution in [2.75, 3.05) is 13.7 Å². The molecule has 110 valence electrons. The Labute approximate surface area is 124 Å². The zero-order valence-electron chi connectivity index (χ0n) is 12.3. The van der Waals surface area contributed by atoms with Gasteiger partial charge in [0.2, 0.25) is 5.76 Å². The Hall–Kier alpha value is -2.07. The molecule has 0 N–H and O–H groups in total. The van der Waals surface area contributed by atoms with E-state index in [1.54, 1.807) is 6.07 Å². The summed E-state index contributed by atoms with van der Waals surface area (Å²) in [5.74, 6) is 0.629. The number of carbonyl (C=O) groups is 1. The van der Waals surface area contributed by atoms with Gasteiger partial charge in [-0.25, -0.2) is 4.79 Å². The van der Waals surface area contributed by atoms with Crippen LogP contribution in [0.25, 0.3) is 0 Å². The van der Waals surface area contributed by atoms with Crippen LogP contribution in [0.1, 0.15) is 40.4 Å². The molecular formula is C17H19NO3. The minimum atomic E-state index is -0.433. The fraction of sp³-hybridized carbons (Fsp3) is 0.353. The van der Waals surface area contributed by atoms with Crippen molar-refractivity contribution < 1.29 is 13.9 Å². The number of esters is 1. The zero-order chi connectivity index (χ0) is 14.8. The molecule has 0 fully saturated rings. The van der Waals surface area contributed by atoms with Gasteiger partial charge in [-0.1, -0.05) is 24.3 Å². The monoisotopic (exact) mass is 285 g/mol. The summed E-state index contributed by atoms with van der Waals surface area (Å²) in [7, 11) is 1.36.